The summed E-state index contributed by atoms with van der Waals surface area (Å²) in [7, 11) is 0. The molecule has 0 bridgehead atoms. The average Bonchev–Trinajstić information content (AvgIpc) is 1.97. The van der Waals surface area contributed by atoms with E-state index in [-0.39, 0.29) is 5.75 Å². The summed E-state index contributed by atoms with van der Waals surface area (Å²) in [5.74, 6) is 0.146. The third-order valence-electron chi connectivity index (χ3n) is 1.08. The molecule has 1 N–H and O–H groups in total. The Morgan fingerprint density at radius 3 is 2.27 bits per heavy atom. The van der Waals surface area contributed by atoms with Crippen molar-refractivity contribution in [3.8, 4) is 5.75 Å². The molecule has 0 atom stereocenters. The van der Waals surface area contributed by atoms with Gasteiger partial charge in [0, 0.05) is 4.47 Å². The monoisotopic (exact) mass is 362 g/mol. The first kappa shape index (κ1) is 9.84. The van der Waals surface area contributed by atoms with Crippen molar-refractivity contribution in [2.75, 3.05) is 0 Å². The molecule has 60 valence electrons. The second-order valence-electron chi connectivity index (χ2n) is 1.82. The highest BCUT2D eigenvalue weighted by atomic mass is 79.9. The topological polar surface area (TPSA) is 20.2 Å². The average molecular weight is 365 g/mol. The van der Waals surface area contributed by atoms with E-state index in [9.17, 15) is 5.11 Å². The first-order valence-corrected chi connectivity index (χ1v) is 5.31. The van der Waals surface area contributed by atoms with Gasteiger partial charge in [0.1, 0.15) is 5.75 Å². The fourth-order valence-electron chi connectivity index (χ4n) is 0.560. The summed E-state index contributed by atoms with van der Waals surface area (Å²) in [6.07, 6.45) is 0. The number of phenols is 1. The predicted molar refractivity (Wildman–Crippen MR) is 56.2 cm³/mol. The molecule has 1 nitrogen and oxygen atoms in total. The van der Waals surface area contributed by atoms with Crippen molar-refractivity contribution in [3.63, 3.8) is 0 Å². The van der Waals surface area contributed by atoms with Gasteiger partial charge in [-0.05, 0) is 53.9 Å². The molecule has 11 heavy (non-hydrogen) atoms. The Hall–Kier alpha value is 0.750. The molecule has 1 aromatic carbocycles. The van der Waals surface area contributed by atoms with Crippen LogP contribution in [0, 0.1) is 0 Å². The molecule has 0 heterocycles. The van der Waals surface area contributed by atoms with Gasteiger partial charge < -0.3 is 5.11 Å². The van der Waals surface area contributed by atoms with Gasteiger partial charge >= 0.3 is 0 Å². The van der Waals surface area contributed by atoms with Gasteiger partial charge in [-0.2, -0.15) is 0 Å². The van der Waals surface area contributed by atoms with Crippen LogP contribution < -0.4 is 0 Å². The van der Waals surface area contributed by atoms with Gasteiger partial charge in [0.05, 0.1) is 14.0 Å². The first-order chi connectivity index (χ1) is 5.04. The van der Waals surface area contributed by atoms with Crippen LogP contribution in [0.4, 0.5) is 0 Å². The number of rotatable bonds is 0. The molecule has 0 saturated carbocycles. The Morgan fingerprint density at radius 1 is 1.18 bits per heavy atom. The summed E-state index contributed by atoms with van der Waals surface area (Å²) in [6, 6.07) is 1.52. The van der Waals surface area contributed by atoms with E-state index >= 15 is 0 Å². The summed E-state index contributed by atoms with van der Waals surface area (Å²) in [4.78, 5) is 0. The van der Waals surface area contributed by atoms with Gasteiger partial charge in [0.2, 0.25) is 0 Å². The van der Waals surface area contributed by atoms with Crippen molar-refractivity contribution in [2.45, 2.75) is 0 Å². The highest BCUT2D eigenvalue weighted by Gasteiger charge is 2.10. The smallest absolute Gasteiger partial charge is 0.132 e. The maximum absolute atomic E-state index is 9.24. The summed E-state index contributed by atoms with van der Waals surface area (Å²) >= 11 is 15.4. The lowest BCUT2D eigenvalue weighted by molar-refractivity contribution is 0.471. The van der Waals surface area contributed by atoms with E-state index in [2.05, 4.69) is 47.8 Å². The van der Waals surface area contributed by atoms with Gasteiger partial charge in [0.25, 0.3) is 0 Å². The fourth-order valence-corrected chi connectivity index (χ4v) is 2.23. The van der Waals surface area contributed by atoms with Crippen LogP contribution in [-0.4, -0.2) is 5.11 Å². The van der Waals surface area contributed by atoms with Crippen LogP contribution in [0.5, 0.6) is 5.75 Å². The molecule has 0 radical (unpaired) electrons. The maximum Gasteiger partial charge on any atom is 0.132 e. The van der Waals surface area contributed by atoms with Gasteiger partial charge in [-0.1, -0.05) is 11.6 Å². The number of phenolic OH excluding ortho intramolecular Hbond substituents is 1. The molecule has 1 aromatic rings. The third-order valence-corrected chi connectivity index (χ3v) is 4.69. The zero-order valence-electron chi connectivity index (χ0n) is 5.04. The van der Waals surface area contributed by atoms with E-state index < -0.39 is 0 Å². The number of benzene rings is 1. The highest BCUT2D eigenvalue weighted by molar-refractivity contribution is 9.13. The Bertz CT molecular complexity index is 274. The predicted octanol–water partition coefficient (Wildman–Crippen LogP) is 4.33. The lowest BCUT2D eigenvalue weighted by Gasteiger charge is -2.03. The van der Waals surface area contributed by atoms with E-state index in [4.69, 9.17) is 11.6 Å². The van der Waals surface area contributed by atoms with Crippen molar-refractivity contribution < 1.29 is 5.11 Å². The molecule has 0 aliphatic rings. The molecule has 0 spiro atoms. The van der Waals surface area contributed by atoms with Gasteiger partial charge in [-0.3, -0.25) is 0 Å². The van der Waals surface area contributed by atoms with Crippen LogP contribution >= 0.6 is 59.4 Å². The number of halogens is 4. The van der Waals surface area contributed by atoms with Crippen molar-refractivity contribution in [2.24, 2.45) is 0 Å². The van der Waals surface area contributed by atoms with Crippen LogP contribution in [-0.2, 0) is 0 Å². The van der Waals surface area contributed by atoms with Crippen LogP contribution in [0.2, 0.25) is 5.02 Å². The number of aromatic hydroxyl groups is 1. The van der Waals surface area contributed by atoms with Crippen LogP contribution in [0.15, 0.2) is 19.5 Å². The maximum atomic E-state index is 9.24. The van der Waals surface area contributed by atoms with E-state index in [1.54, 1.807) is 0 Å². The molecule has 0 aliphatic carbocycles. The Labute approximate surface area is 94.1 Å². The lowest BCUT2D eigenvalue weighted by atomic mass is 10.3. The summed E-state index contributed by atoms with van der Waals surface area (Å²) in [5.41, 5.74) is 0. The molecule has 0 saturated heterocycles. The van der Waals surface area contributed by atoms with E-state index in [0.717, 1.165) is 0 Å². The number of hydrogen-bond donors (Lipinski definition) is 1. The lowest BCUT2D eigenvalue weighted by Crippen LogP contribution is -1.76. The van der Waals surface area contributed by atoms with Crippen molar-refractivity contribution in [1.29, 1.82) is 0 Å². The van der Waals surface area contributed by atoms with E-state index in [1.807, 2.05) is 0 Å². The minimum atomic E-state index is 0.146. The zero-order chi connectivity index (χ0) is 8.59. The molecule has 0 fully saturated rings. The van der Waals surface area contributed by atoms with Crippen molar-refractivity contribution in [1.82, 2.24) is 0 Å². The minimum Gasteiger partial charge on any atom is -0.507 e. The summed E-state index contributed by atoms with van der Waals surface area (Å²) < 4.78 is 1.86. The molecular weight excluding hydrogens is 363 g/mol. The van der Waals surface area contributed by atoms with Crippen molar-refractivity contribution in [3.05, 3.63) is 24.5 Å². The Morgan fingerprint density at radius 2 is 1.73 bits per heavy atom. The van der Waals surface area contributed by atoms with Gasteiger partial charge in [-0.25, -0.2) is 0 Å². The van der Waals surface area contributed by atoms with Gasteiger partial charge in [0.15, 0.2) is 0 Å². The molecule has 0 unspecified atom stereocenters. The molecule has 0 amide bonds. The molecule has 0 aliphatic heterocycles. The largest absolute Gasteiger partial charge is 0.507 e. The quantitative estimate of drug-likeness (QED) is 0.536. The Kier molecular flexibility index (Phi) is 3.26. The van der Waals surface area contributed by atoms with E-state index in [0.29, 0.717) is 18.4 Å². The summed E-state index contributed by atoms with van der Waals surface area (Å²) in [5, 5.41) is 9.78. The summed E-state index contributed by atoms with van der Waals surface area (Å²) in [6.45, 7) is 0. The second kappa shape index (κ2) is 3.64. The molecule has 1 rings (SSSR count). The normalized spacial score (nSPS) is 10.2. The van der Waals surface area contributed by atoms with Crippen LogP contribution in [0.3, 0.4) is 0 Å². The highest BCUT2D eigenvalue weighted by Crippen LogP contribution is 2.41. The Balaban J connectivity index is 3.46. The standard InChI is InChI=1S/C6H2Br3ClO/c7-2-1-3(11)4(8)5(9)6(2)10/h1,11H. The van der Waals surface area contributed by atoms with E-state index in [1.165, 1.54) is 6.07 Å². The van der Waals surface area contributed by atoms with Crippen LogP contribution in [0.25, 0.3) is 0 Å². The SMILES string of the molecule is Oc1cc(Br)c(Cl)c(Br)c1Br. The van der Waals surface area contributed by atoms with Crippen molar-refractivity contribution >= 4 is 59.4 Å². The van der Waals surface area contributed by atoms with Crippen LogP contribution in [0.1, 0.15) is 0 Å². The van der Waals surface area contributed by atoms with Gasteiger partial charge in [-0.15, -0.1) is 0 Å². The second-order valence-corrected chi connectivity index (χ2v) is 4.64. The molecular formula is C6H2Br3ClO. The minimum absolute atomic E-state index is 0.146. The molecule has 5 heteroatoms. The molecule has 0 aromatic heterocycles. The first-order valence-electron chi connectivity index (χ1n) is 2.56. The zero-order valence-corrected chi connectivity index (χ0v) is 10.6. The fraction of sp³-hybridized carbons (Fsp3) is 0. The number of hydrogen-bond acceptors (Lipinski definition) is 1. The third kappa shape index (κ3) is 1.91.